The molecule has 0 aliphatic carbocycles. The molecule has 2 aromatic carbocycles. The largest absolute Gasteiger partial charge is 0.464 e. The molecule has 0 atom stereocenters. The van der Waals surface area contributed by atoms with Crippen molar-refractivity contribution in [1.82, 2.24) is 0 Å². The van der Waals surface area contributed by atoms with Gasteiger partial charge in [0.25, 0.3) is 0 Å². The van der Waals surface area contributed by atoms with Crippen molar-refractivity contribution in [3.63, 3.8) is 0 Å². The van der Waals surface area contributed by atoms with Crippen LogP contribution in [0.15, 0.2) is 51.5 Å². The molecule has 11 nitrogen and oxygen atoms in total. The average molecular weight is 543 g/mol. The highest BCUT2D eigenvalue weighted by Gasteiger charge is 2.15. The number of anilines is 2. The quantitative estimate of drug-likeness (QED) is 0.251. The number of ether oxygens (including phenoxy) is 2. The molecule has 1 amide bonds. The van der Waals surface area contributed by atoms with Gasteiger partial charge in [-0.3, -0.25) is 14.4 Å². The Morgan fingerprint density at radius 1 is 0.944 bits per heavy atom. The highest BCUT2D eigenvalue weighted by atomic mass is 35.5. The van der Waals surface area contributed by atoms with E-state index in [-0.39, 0.29) is 54.3 Å². The monoisotopic (exact) mass is 542 g/mol. The number of amides is 1. The summed E-state index contributed by atoms with van der Waals surface area (Å²) in [4.78, 5) is 35.2. The van der Waals surface area contributed by atoms with Crippen molar-refractivity contribution in [2.45, 2.75) is 25.7 Å². The molecule has 0 fully saturated rings. The molecule has 0 saturated heterocycles. The number of halogens is 2. The molecule has 0 radical (unpaired) electrons. The maximum absolute atomic E-state index is 13.2. The topological polar surface area (TPSA) is 144 Å². The van der Waals surface area contributed by atoms with E-state index in [0.29, 0.717) is 5.69 Å². The Morgan fingerprint density at radius 2 is 1.50 bits per heavy atom. The molecule has 194 valence electrons. The van der Waals surface area contributed by atoms with Crippen LogP contribution in [0.2, 0.25) is 5.02 Å². The molecule has 0 saturated carbocycles. The standard InChI is InChI=1S/C22H24ClFN4O7S/c1-14(29)25-22-12-17(28(8-10-34-15(2)30)9-11-35-16(3)31)4-6-21(22)27-26-20-7-5-18(13-19(20)23)36(24,32)33/h4-7,12-13H,8-11H2,1-3H3,(H,25,29). The van der Waals surface area contributed by atoms with Gasteiger partial charge < -0.3 is 19.7 Å². The van der Waals surface area contributed by atoms with Gasteiger partial charge in [0.15, 0.2) is 0 Å². The van der Waals surface area contributed by atoms with Gasteiger partial charge >= 0.3 is 22.2 Å². The maximum Gasteiger partial charge on any atom is 0.332 e. The fourth-order valence-electron chi connectivity index (χ4n) is 2.89. The van der Waals surface area contributed by atoms with Crippen LogP contribution in [0, 0.1) is 0 Å². The SMILES string of the molecule is CC(=O)Nc1cc(N(CCOC(C)=O)CCOC(C)=O)ccc1N=Nc1ccc(S(=O)(=O)F)cc1Cl. The molecule has 14 heteroatoms. The second kappa shape index (κ2) is 12.9. The number of benzene rings is 2. The summed E-state index contributed by atoms with van der Waals surface area (Å²) in [6, 6.07) is 7.93. The minimum atomic E-state index is -4.93. The maximum atomic E-state index is 13.2. The Labute approximate surface area is 212 Å². The van der Waals surface area contributed by atoms with Crippen molar-refractivity contribution in [2.24, 2.45) is 10.2 Å². The fourth-order valence-corrected chi connectivity index (χ4v) is 3.67. The van der Waals surface area contributed by atoms with Crippen molar-refractivity contribution < 1.29 is 36.2 Å². The van der Waals surface area contributed by atoms with Gasteiger partial charge in [-0.1, -0.05) is 11.6 Å². The molecule has 0 unspecified atom stereocenters. The summed E-state index contributed by atoms with van der Waals surface area (Å²) in [7, 11) is -4.93. The van der Waals surface area contributed by atoms with Gasteiger partial charge in [0.05, 0.1) is 23.8 Å². The van der Waals surface area contributed by atoms with E-state index in [0.717, 1.165) is 12.1 Å². The van der Waals surface area contributed by atoms with Crippen LogP contribution < -0.4 is 10.2 Å². The first-order chi connectivity index (χ1) is 16.9. The van der Waals surface area contributed by atoms with Crippen molar-refractivity contribution >= 4 is 62.4 Å². The van der Waals surface area contributed by atoms with Crippen molar-refractivity contribution in [3.8, 4) is 0 Å². The average Bonchev–Trinajstić information content (AvgIpc) is 2.76. The zero-order valence-corrected chi connectivity index (χ0v) is 21.2. The van der Waals surface area contributed by atoms with E-state index in [9.17, 15) is 26.7 Å². The predicted octanol–water partition coefficient (Wildman–Crippen LogP) is 4.30. The van der Waals surface area contributed by atoms with Crippen LogP contribution >= 0.6 is 11.6 Å². The third kappa shape index (κ3) is 9.23. The Kier molecular flexibility index (Phi) is 10.3. The molecule has 36 heavy (non-hydrogen) atoms. The first kappa shape index (κ1) is 28.7. The van der Waals surface area contributed by atoms with Gasteiger partial charge in [0, 0.05) is 26.5 Å². The summed E-state index contributed by atoms with van der Waals surface area (Å²) >= 11 is 6.00. The molecule has 0 aliphatic heterocycles. The summed E-state index contributed by atoms with van der Waals surface area (Å²) in [6.07, 6.45) is 0. The lowest BCUT2D eigenvalue weighted by atomic mass is 10.2. The lowest BCUT2D eigenvalue weighted by Gasteiger charge is -2.25. The van der Waals surface area contributed by atoms with Gasteiger partial charge in [-0.15, -0.1) is 14.1 Å². The highest BCUT2D eigenvalue weighted by Crippen LogP contribution is 2.34. The van der Waals surface area contributed by atoms with Crippen LogP contribution in [-0.4, -0.2) is 52.6 Å². The Morgan fingerprint density at radius 3 is 2.00 bits per heavy atom. The summed E-state index contributed by atoms with van der Waals surface area (Å²) in [5.74, 6) is -1.27. The van der Waals surface area contributed by atoms with Crippen LogP contribution in [0.5, 0.6) is 0 Å². The summed E-state index contributed by atoms with van der Waals surface area (Å²) in [5.41, 5.74) is 1.21. The van der Waals surface area contributed by atoms with E-state index >= 15 is 0 Å². The Hall–Kier alpha value is -3.58. The summed E-state index contributed by atoms with van der Waals surface area (Å²) in [6.45, 7) is 4.59. The van der Waals surface area contributed by atoms with Crippen molar-refractivity contribution in [2.75, 3.05) is 36.5 Å². The molecule has 0 aromatic heterocycles. The summed E-state index contributed by atoms with van der Waals surface area (Å²) in [5, 5.41) is 10.6. The number of rotatable bonds is 11. The van der Waals surface area contributed by atoms with E-state index in [1.54, 1.807) is 23.1 Å². The number of carbonyl (C=O) groups excluding carboxylic acids is 3. The number of hydrogen-bond donors (Lipinski definition) is 1. The van der Waals surface area contributed by atoms with Crippen LogP contribution in [0.3, 0.4) is 0 Å². The summed E-state index contributed by atoms with van der Waals surface area (Å²) < 4.78 is 45.2. The highest BCUT2D eigenvalue weighted by molar-refractivity contribution is 7.86. The lowest BCUT2D eigenvalue weighted by Crippen LogP contribution is -2.32. The van der Waals surface area contributed by atoms with E-state index in [4.69, 9.17) is 21.1 Å². The number of nitrogens with zero attached hydrogens (tertiary/aromatic N) is 3. The van der Waals surface area contributed by atoms with Crippen LogP contribution in [0.25, 0.3) is 0 Å². The first-order valence-corrected chi connectivity index (χ1v) is 12.2. The molecular formula is C22H24ClFN4O7S. The van der Waals surface area contributed by atoms with Crippen LogP contribution in [-0.2, 0) is 34.1 Å². The molecule has 2 aromatic rings. The Balaban J connectivity index is 2.36. The van der Waals surface area contributed by atoms with Crippen molar-refractivity contribution in [1.29, 1.82) is 0 Å². The number of carbonyl (C=O) groups is 3. The van der Waals surface area contributed by atoms with Gasteiger partial charge in [0.1, 0.15) is 29.5 Å². The van der Waals surface area contributed by atoms with E-state index < -0.39 is 27.1 Å². The second-order valence-corrected chi connectivity index (χ2v) is 9.06. The van der Waals surface area contributed by atoms with Crippen LogP contribution in [0.4, 0.5) is 26.6 Å². The third-order valence-electron chi connectivity index (χ3n) is 4.46. The molecule has 0 bridgehead atoms. The van der Waals surface area contributed by atoms with Gasteiger partial charge in [-0.05, 0) is 36.4 Å². The second-order valence-electron chi connectivity index (χ2n) is 7.30. The molecule has 2 rings (SSSR count). The van der Waals surface area contributed by atoms with Gasteiger partial charge in [-0.25, -0.2) is 0 Å². The van der Waals surface area contributed by atoms with Crippen LogP contribution in [0.1, 0.15) is 20.8 Å². The minimum Gasteiger partial charge on any atom is -0.464 e. The number of nitrogens with one attached hydrogen (secondary N) is 1. The zero-order valence-electron chi connectivity index (χ0n) is 19.7. The smallest absolute Gasteiger partial charge is 0.332 e. The molecule has 0 heterocycles. The molecule has 0 aliphatic rings. The Bertz CT molecular complexity index is 1250. The zero-order chi connectivity index (χ0) is 26.9. The van der Waals surface area contributed by atoms with Crippen molar-refractivity contribution in [3.05, 3.63) is 41.4 Å². The lowest BCUT2D eigenvalue weighted by molar-refractivity contribution is -0.141. The predicted molar refractivity (Wildman–Crippen MR) is 130 cm³/mol. The van der Waals surface area contributed by atoms with Gasteiger partial charge in [0.2, 0.25) is 5.91 Å². The number of azo groups is 1. The molecule has 1 N–H and O–H groups in total. The van der Waals surface area contributed by atoms with E-state index in [2.05, 4.69) is 15.5 Å². The van der Waals surface area contributed by atoms with E-state index in [1.165, 1.54) is 26.8 Å². The third-order valence-corrected chi connectivity index (χ3v) is 5.57. The minimum absolute atomic E-state index is 0.0753. The normalized spacial score (nSPS) is 11.2. The van der Waals surface area contributed by atoms with Gasteiger partial charge in [-0.2, -0.15) is 8.42 Å². The van der Waals surface area contributed by atoms with E-state index in [1.807, 2.05) is 0 Å². The molecule has 0 spiro atoms. The fraction of sp³-hybridized carbons (Fsp3) is 0.318. The number of hydrogen-bond acceptors (Lipinski definition) is 10. The number of esters is 2. The first-order valence-electron chi connectivity index (χ1n) is 10.5. The molecular weight excluding hydrogens is 519 g/mol.